The van der Waals surface area contributed by atoms with E-state index < -0.39 is 0 Å². The lowest BCUT2D eigenvalue weighted by Gasteiger charge is -2.29. The van der Waals surface area contributed by atoms with Crippen LogP contribution in [0.25, 0.3) is 0 Å². The van der Waals surface area contributed by atoms with Gasteiger partial charge in [-0.05, 0) is 46.9 Å². The molecule has 0 saturated carbocycles. The molecule has 1 heterocycles. The Morgan fingerprint density at radius 3 is 2.67 bits per heavy atom. The second kappa shape index (κ2) is 6.63. The predicted octanol–water partition coefficient (Wildman–Crippen LogP) is 3.24. The number of rotatable bonds is 6. The smallest absolute Gasteiger partial charge is 0.0575 e. The molecule has 2 N–H and O–H groups in total. The molecule has 86 valence electrons. The Morgan fingerprint density at radius 2 is 2.27 bits per heavy atom. The fraction of sp³-hybridized carbons (Fsp3) is 0.636. The van der Waals surface area contributed by atoms with E-state index >= 15 is 0 Å². The van der Waals surface area contributed by atoms with Crippen LogP contribution in [0.2, 0.25) is 0 Å². The van der Waals surface area contributed by atoms with Crippen molar-refractivity contribution in [2.24, 2.45) is 5.73 Å². The van der Waals surface area contributed by atoms with E-state index in [0.717, 1.165) is 13.1 Å². The van der Waals surface area contributed by atoms with Gasteiger partial charge in [0.1, 0.15) is 0 Å². The maximum Gasteiger partial charge on any atom is 0.0575 e. The average molecular weight is 291 g/mol. The Balaban J connectivity index is 2.82. The highest BCUT2D eigenvalue weighted by Crippen LogP contribution is 2.32. The summed E-state index contributed by atoms with van der Waals surface area (Å²) >= 11 is 5.37. The summed E-state index contributed by atoms with van der Waals surface area (Å²) in [6.07, 6.45) is 1.17. The Bertz CT molecular complexity index is 288. The van der Waals surface area contributed by atoms with Crippen LogP contribution in [-0.4, -0.2) is 24.5 Å². The number of likely N-dealkylation sites (N-methyl/N-ethyl adjacent to an activating group) is 1. The number of hydrogen-bond acceptors (Lipinski definition) is 3. The summed E-state index contributed by atoms with van der Waals surface area (Å²) in [6.45, 7) is 7.26. The molecule has 1 unspecified atom stereocenters. The molecule has 1 rings (SSSR count). The third-order valence-electron chi connectivity index (χ3n) is 2.53. The van der Waals surface area contributed by atoms with Gasteiger partial charge in [0, 0.05) is 15.9 Å². The fourth-order valence-corrected chi connectivity index (χ4v) is 3.57. The third-order valence-corrected chi connectivity index (χ3v) is 4.50. The first-order chi connectivity index (χ1) is 7.24. The lowest BCUT2D eigenvalue weighted by atomic mass is 10.2. The van der Waals surface area contributed by atoms with E-state index in [1.807, 2.05) is 0 Å². The zero-order valence-corrected chi connectivity index (χ0v) is 11.8. The number of nitrogens with zero attached hydrogens (tertiary/aromatic N) is 1. The summed E-state index contributed by atoms with van der Waals surface area (Å²) in [6, 6.07) is 2.46. The molecule has 4 heteroatoms. The zero-order chi connectivity index (χ0) is 11.3. The van der Waals surface area contributed by atoms with Crippen molar-refractivity contribution in [1.29, 1.82) is 0 Å². The fourth-order valence-electron chi connectivity index (χ4n) is 1.79. The molecule has 1 aromatic rings. The van der Waals surface area contributed by atoms with Crippen molar-refractivity contribution < 1.29 is 0 Å². The van der Waals surface area contributed by atoms with Gasteiger partial charge in [-0.1, -0.05) is 13.8 Å². The average Bonchev–Trinajstić information content (AvgIpc) is 2.65. The SMILES string of the molecule is CCCN(CC)C(CN)c1sccc1Br. The van der Waals surface area contributed by atoms with Crippen LogP contribution in [-0.2, 0) is 0 Å². The van der Waals surface area contributed by atoms with Gasteiger partial charge in [-0.15, -0.1) is 11.3 Å². The first-order valence-corrected chi connectivity index (χ1v) is 7.08. The van der Waals surface area contributed by atoms with Crippen LogP contribution in [0.5, 0.6) is 0 Å². The molecular formula is C11H19BrN2S. The molecule has 0 amide bonds. The molecule has 0 saturated heterocycles. The molecule has 0 bridgehead atoms. The van der Waals surface area contributed by atoms with Gasteiger partial charge >= 0.3 is 0 Å². The largest absolute Gasteiger partial charge is 0.329 e. The Kier molecular flexibility index (Phi) is 5.82. The minimum Gasteiger partial charge on any atom is -0.329 e. The summed E-state index contributed by atoms with van der Waals surface area (Å²) < 4.78 is 1.19. The van der Waals surface area contributed by atoms with E-state index in [-0.39, 0.29) is 0 Å². The van der Waals surface area contributed by atoms with Gasteiger partial charge in [0.2, 0.25) is 0 Å². The zero-order valence-electron chi connectivity index (χ0n) is 9.37. The summed E-state index contributed by atoms with van der Waals surface area (Å²) in [5.41, 5.74) is 5.88. The molecule has 1 atom stereocenters. The standard InChI is InChI=1S/C11H19BrN2S/c1-3-6-14(4-2)10(8-13)11-9(12)5-7-15-11/h5,7,10H,3-4,6,8,13H2,1-2H3. The van der Waals surface area contributed by atoms with Crippen LogP contribution in [0.3, 0.4) is 0 Å². The predicted molar refractivity (Wildman–Crippen MR) is 71.4 cm³/mol. The second-order valence-electron chi connectivity index (χ2n) is 3.51. The lowest BCUT2D eigenvalue weighted by Crippen LogP contribution is -2.33. The monoisotopic (exact) mass is 290 g/mol. The van der Waals surface area contributed by atoms with Crippen molar-refractivity contribution in [1.82, 2.24) is 4.90 Å². The third kappa shape index (κ3) is 3.28. The van der Waals surface area contributed by atoms with Crippen LogP contribution in [0.4, 0.5) is 0 Å². The summed E-state index contributed by atoms with van der Waals surface area (Å²) in [4.78, 5) is 3.80. The number of thiophene rings is 1. The van der Waals surface area contributed by atoms with Gasteiger partial charge in [-0.2, -0.15) is 0 Å². The van der Waals surface area contributed by atoms with E-state index in [1.165, 1.54) is 15.8 Å². The van der Waals surface area contributed by atoms with Gasteiger partial charge in [-0.3, -0.25) is 4.90 Å². The second-order valence-corrected chi connectivity index (χ2v) is 5.31. The van der Waals surface area contributed by atoms with Gasteiger partial charge in [0.05, 0.1) is 6.04 Å². The maximum absolute atomic E-state index is 5.88. The molecule has 2 nitrogen and oxygen atoms in total. The highest BCUT2D eigenvalue weighted by atomic mass is 79.9. The molecule has 0 aliphatic carbocycles. The molecule has 0 aliphatic rings. The molecule has 1 aromatic heterocycles. The minimum atomic E-state index is 0.365. The van der Waals surface area contributed by atoms with Gasteiger partial charge in [0.15, 0.2) is 0 Å². The summed E-state index contributed by atoms with van der Waals surface area (Å²) in [7, 11) is 0. The highest BCUT2D eigenvalue weighted by Gasteiger charge is 2.20. The molecule has 0 spiro atoms. The normalized spacial score (nSPS) is 13.4. The van der Waals surface area contributed by atoms with E-state index in [4.69, 9.17) is 5.73 Å². The van der Waals surface area contributed by atoms with Crippen LogP contribution >= 0.6 is 27.3 Å². The Labute approximate surface area is 105 Å². The van der Waals surface area contributed by atoms with E-state index in [0.29, 0.717) is 12.6 Å². The van der Waals surface area contributed by atoms with Crippen molar-refractivity contribution in [3.8, 4) is 0 Å². The van der Waals surface area contributed by atoms with Crippen molar-refractivity contribution in [3.63, 3.8) is 0 Å². The van der Waals surface area contributed by atoms with Gasteiger partial charge < -0.3 is 5.73 Å². The summed E-state index contributed by atoms with van der Waals surface area (Å²) in [5, 5.41) is 2.11. The van der Waals surface area contributed by atoms with Crippen molar-refractivity contribution >= 4 is 27.3 Å². The Hall–Kier alpha value is 0.100. The molecule has 0 fully saturated rings. The first kappa shape index (κ1) is 13.2. The quantitative estimate of drug-likeness (QED) is 0.872. The molecule has 0 aromatic carbocycles. The number of hydrogen-bond donors (Lipinski definition) is 1. The van der Waals surface area contributed by atoms with Crippen molar-refractivity contribution in [2.75, 3.05) is 19.6 Å². The number of halogens is 1. The van der Waals surface area contributed by atoms with E-state index in [1.54, 1.807) is 11.3 Å². The molecule has 15 heavy (non-hydrogen) atoms. The summed E-state index contributed by atoms with van der Waals surface area (Å²) in [5.74, 6) is 0. The van der Waals surface area contributed by atoms with E-state index in [2.05, 4.69) is 46.1 Å². The van der Waals surface area contributed by atoms with Crippen molar-refractivity contribution in [2.45, 2.75) is 26.3 Å². The van der Waals surface area contributed by atoms with Crippen LogP contribution in [0, 0.1) is 0 Å². The molecular weight excluding hydrogens is 272 g/mol. The Morgan fingerprint density at radius 1 is 1.53 bits per heavy atom. The van der Waals surface area contributed by atoms with Crippen LogP contribution in [0.1, 0.15) is 31.2 Å². The first-order valence-electron chi connectivity index (χ1n) is 5.41. The maximum atomic E-state index is 5.88. The van der Waals surface area contributed by atoms with Gasteiger partial charge in [-0.25, -0.2) is 0 Å². The van der Waals surface area contributed by atoms with Crippen LogP contribution in [0.15, 0.2) is 15.9 Å². The minimum absolute atomic E-state index is 0.365. The van der Waals surface area contributed by atoms with Gasteiger partial charge in [0.25, 0.3) is 0 Å². The van der Waals surface area contributed by atoms with Crippen molar-refractivity contribution in [3.05, 3.63) is 20.8 Å². The lowest BCUT2D eigenvalue weighted by molar-refractivity contribution is 0.215. The molecule has 0 radical (unpaired) electrons. The van der Waals surface area contributed by atoms with Crippen LogP contribution < -0.4 is 5.73 Å². The number of nitrogens with two attached hydrogens (primary N) is 1. The topological polar surface area (TPSA) is 29.3 Å². The highest BCUT2D eigenvalue weighted by molar-refractivity contribution is 9.10. The van der Waals surface area contributed by atoms with E-state index in [9.17, 15) is 0 Å². The molecule has 0 aliphatic heterocycles.